The van der Waals surface area contributed by atoms with Gasteiger partial charge in [0.2, 0.25) is 0 Å². The van der Waals surface area contributed by atoms with Crippen LogP contribution in [0.4, 0.5) is 0 Å². The lowest BCUT2D eigenvalue weighted by Crippen LogP contribution is -2.54. The maximum Gasteiger partial charge on any atom is 0.328 e. The highest BCUT2D eigenvalue weighted by atomic mass is 16.5. The fraction of sp³-hybridized carbons (Fsp3) is 0.567. The SMILES string of the molecule is CC(NCc1ccc(OCC(O)c2ccc3c(c2)n(C)c(=O)n3C)cc1)C12CC3CC(CC(C3)C1)C2. The van der Waals surface area contributed by atoms with Gasteiger partial charge in [-0.3, -0.25) is 9.13 Å². The summed E-state index contributed by atoms with van der Waals surface area (Å²) in [4.78, 5) is 12.2. The minimum absolute atomic E-state index is 0.0743. The molecular weight excluding hydrogens is 450 g/mol. The number of hydrogen-bond acceptors (Lipinski definition) is 4. The normalized spacial score (nSPS) is 28.5. The van der Waals surface area contributed by atoms with Crippen molar-refractivity contribution >= 4 is 11.0 Å². The quantitative estimate of drug-likeness (QED) is 0.482. The maximum atomic E-state index is 12.2. The summed E-state index contributed by atoms with van der Waals surface area (Å²) >= 11 is 0. The highest BCUT2D eigenvalue weighted by Crippen LogP contribution is 2.61. The molecular formula is C30H39N3O3. The van der Waals surface area contributed by atoms with Crippen LogP contribution < -0.4 is 15.7 Å². The Hall–Kier alpha value is -2.57. The predicted molar refractivity (Wildman–Crippen MR) is 142 cm³/mol. The summed E-state index contributed by atoms with van der Waals surface area (Å²) in [6, 6.07) is 14.4. The van der Waals surface area contributed by atoms with E-state index in [2.05, 4.69) is 24.4 Å². The summed E-state index contributed by atoms with van der Waals surface area (Å²) in [5, 5.41) is 14.6. The van der Waals surface area contributed by atoms with Crippen LogP contribution in [-0.4, -0.2) is 26.9 Å². The van der Waals surface area contributed by atoms with E-state index in [4.69, 9.17) is 4.74 Å². The van der Waals surface area contributed by atoms with Gasteiger partial charge in [-0.2, -0.15) is 0 Å². The van der Waals surface area contributed by atoms with Gasteiger partial charge in [-0.25, -0.2) is 4.79 Å². The fourth-order valence-corrected chi connectivity index (χ4v) is 7.90. The van der Waals surface area contributed by atoms with Crippen LogP contribution in [0.2, 0.25) is 0 Å². The monoisotopic (exact) mass is 489 g/mol. The summed E-state index contributed by atoms with van der Waals surface area (Å²) in [5.74, 6) is 3.69. The Morgan fingerprint density at radius 3 is 2.22 bits per heavy atom. The maximum absolute atomic E-state index is 12.2. The van der Waals surface area contributed by atoms with Crippen LogP contribution in [0.3, 0.4) is 0 Å². The molecule has 3 aromatic rings. The van der Waals surface area contributed by atoms with E-state index in [0.717, 1.165) is 46.6 Å². The highest BCUT2D eigenvalue weighted by Gasteiger charge is 2.52. The lowest BCUT2D eigenvalue weighted by Gasteiger charge is -2.59. The van der Waals surface area contributed by atoms with Gasteiger partial charge >= 0.3 is 5.69 Å². The number of ether oxygens (including phenoxy) is 1. The zero-order valence-electron chi connectivity index (χ0n) is 21.7. The Labute approximate surface area is 213 Å². The molecule has 1 aromatic heterocycles. The van der Waals surface area contributed by atoms with Crippen molar-refractivity contribution in [1.82, 2.24) is 14.5 Å². The molecule has 4 saturated carbocycles. The molecule has 2 unspecified atom stereocenters. The summed E-state index contributed by atoms with van der Waals surface area (Å²) in [6.07, 6.45) is 7.97. The van der Waals surface area contributed by atoms with Crippen LogP contribution in [0.1, 0.15) is 62.7 Å². The molecule has 6 heteroatoms. The van der Waals surface area contributed by atoms with Gasteiger partial charge in [0.15, 0.2) is 0 Å². The van der Waals surface area contributed by atoms with Crippen molar-refractivity contribution in [3.63, 3.8) is 0 Å². The molecule has 36 heavy (non-hydrogen) atoms. The third kappa shape index (κ3) is 4.18. The van der Waals surface area contributed by atoms with E-state index in [0.29, 0.717) is 11.5 Å². The van der Waals surface area contributed by atoms with Crippen molar-refractivity contribution < 1.29 is 9.84 Å². The molecule has 2 aromatic carbocycles. The molecule has 0 aliphatic heterocycles. The molecule has 4 aliphatic carbocycles. The molecule has 4 bridgehead atoms. The Morgan fingerprint density at radius 1 is 0.972 bits per heavy atom. The molecule has 192 valence electrons. The number of aryl methyl sites for hydroxylation is 2. The minimum Gasteiger partial charge on any atom is -0.491 e. The van der Waals surface area contributed by atoms with Gasteiger partial charge in [0.05, 0.1) is 11.0 Å². The molecule has 4 fully saturated rings. The molecule has 6 nitrogen and oxygen atoms in total. The van der Waals surface area contributed by atoms with Crippen LogP contribution in [0.15, 0.2) is 47.3 Å². The first-order valence-electron chi connectivity index (χ1n) is 13.6. The molecule has 2 atom stereocenters. The van der Waals surface area contributed by atoms with Gasteiger partial charge in [-0.15, -0.1) is 0 Å². The third-order valence-corrected chi connectivity index (χ3v) is 9.63. The molecule has 7 rings (SSSR count). The minimum atomic E-state index is -0.771. The van der Waals surface area contributed by atoms with Gasteiger partial charge in [-0.1, -0.05) is 18.2 Å². The lowest BCUT2D eigenvalue weighted by atomic mass is 9.48. The van der Waals surface area contributed by atoms with E-state index < -0.39 is 6.10 Å². The number of nitrogens with zero attached hydrogens (tertiary/aromatic N) is 2. The summed E-state index contributed by atoms with van der Waals surface area (Å²) in [6.45, 7) is 3.45. The van der Waals surface area contributed by atoms with Crippen molar-refractivity contribution in [2.75, 3.05) is 6.61 Å². The first-order valence-corrected chi connectivity index (χ1v) is 13.6. The van der Waals surface area contributed by atoms with Gasteiger partial charge in [0, 0.05) is 26.7 Å². The topological polar surface area (TPSA) is 68.4 Å². The van der Waals surface area contributed by atoms with Crippen LogP contribution >= 0.6 is 0 Å². The zero-order valence-corrected chi connectivity index (χ0v) is 21.7. The van der Waals surface area contributed by atoms with E-state index in [1.807, 2.05) is 30.3 Å². The summed E-state index contributed by atoms with van der Waals surface area (Å²) in [7, 11) is 3.50. The first-order chi connectivity index (χ1) is 17.3. The average Bonchev–Trinajstić information content (AvgIpc) is 3.09. The van der Waals surface area contributed by atoms with Crippen molar-refractivity contribution in [3.05, 3.63) is 64.1 Å². The number of hydrogen-bond donors (Lipinski definition) is 2. The van der Waals surface area contributed by atoms with Crippen LogP contribution in [0.5, 0.6) is 5.75 Å². The van der Waals surface area contributed by atoms with Crippen LogP contribution in [-0.2, 0) is 20.6 Å². The second-order valence-corrected chi connectivity index (χ2v) is 12.0. The number of rotatable bonds is 8. The van der Waals surface area contributed by atoms with Gasteiger partial charge < -0.3 is 15.2 Å². The van der Waals surface area contributed by atoms with Crippen molar-refractivity contribution in [3.8, 4) is 5.75 Å². The number of imidazole rings is 1. The molecule has 0 saturated heterocycles. The molecule has 4 aliphatic rings. The van der Waals surface area contributed by atoms with Gasteiger partial charge in [-0.05, 0) is 104 Å². The molecule has 0 spiro atoms. The lowest BCUT2D eigenvalue weighted by molar-refractivity contribution is -0.0706. The smallest absolute Gasteiger partial charge is 0.328 e. The second kappa shape index (κ2) is 9.07. The summed E-state index contributed by atoms with van der Waals surface area (Å²) in [5.41, 5.74) is 4.09. The van der Waals surface area contributed by atoms with E-state index >= 15 is 0 Å². The number of fused-ring (bicyclic) bond motifs is 1. The van der Waals surface area contributed by atoms with E-state index in [1.165, 1.54) is 44.1 Å². The van der Waals surface area contributed by atoms with Gasteiger partial charge in [0.25, 0.3) is 0 Å². The number of aromatic nitrogens is 2. The largest absolute Gasteiger partial charge is 0.491 e. The Balaban J connectivity index is 1.03. The number of aliphatic hydroxyl groups excluding tert-OH is 1. The van der Waals surface area contributed by atoms with Crippen molar-refractivity contribution in [2.24, 2.45) is 37.3 Å². The Morgan fingerprint density at radius 2 is 1.58 bits per heavy atom. The molecule has 0 amide bonds. The Bertz CT molecular complexity index is 1270. The predicted octanol–water partition coefficient (Wildman–Crippen LogP) is 4.68. The average molecular weight is 490 g/mol. The number of nitrogens with one attached hydrogen (secondary N) is 1. The first kappa shape index (κ1) is 23.8. The number of benzene rings is 2. The molecule has 0 radical (unpaired) electrons. The Kier molecular flexibility index (Phi) is 6.00. The highest BCUT2D eigenvalue weighted by molar-refractivity contribution is 5.77. The van der Waals surface area contributed by atoms with E-state index in [9.17, 15) is 9.90 Å². The molecule has 1 heterocycles. The summed E-state index contributed by atoms with van der Waals surface area (Å²) < 4.78 is 9.11. The van der Waals surface area contributed by atoms with E-state index in [-0.39, 0.29) is 12.3 Å². The fourth-order valence-electron chi connectivity index (χ4n) is 7.90. The second-order valence-electron chi connectivity index (χ2n) is 12.0. The van der Waals surface area contributed by atoms with Crippen molar-refractivity contribution in [1.29, 1.82) is 0 Å². The standard InChI is InChI=1S/C30H39N3O3/c1-19(30-14-21-10-22(15-30)12-23(11-21)16-30)31-17-20-4-7-25(8-5-20)36-18-28(34)24-6-9-26-27(13-24)33(3)29(35)32(26)2/h4-9,13,19,21-23,28,31,34H,10-12,14-18H2,1-3H3. The van der Waals surface area contributed by atoms with E-state index in [1.54, 1.807) is 23.2 Å². The van der Waals surface area contributed by atoms with Crippen molar-refractivity contribution in [2.45, 2.75) is 64.1 Å². The third-order valence-electron chi connectivity index (χ3n) is 9.63. The van der Waals surface area contributed by atoms with Crippen LogP contribution in [0.25, 0.3) is 11.0 Å². The molecule has 2 N–H and O–H groups in total. The van der Waals surface area contributed by atoms with Gasteiger partial charge in [0.1, 0.15) is 18.5 Å². The van der Waals surface area contributed by atoms with Crippen LogP contribution in [0, 0.1) is 23.2 Å². The zero-order chi connectivity index (χ0) is 25.0. The number of aliphatic hydroxyl groups is 1.